The fourth-order valence-electron chi connectivity index (χ4n) is 2.01. The van der Waals surface area contributed by atoms with Gasteiger partial charge in [-0.15, -0.1) is 0 Å². The minimum absolute atomic E-state index is 0.203. The standard InChI is InChI=1S/C16H19N3O2/c1-11(17)15(20)18-14-9-8-13(10-19(2)16(14)21)12-6-4-3-5-7-12/h3-11,14H,17H2,1-2H3,(H,18,20)/t11?,14-/m0/s1. The van der Waals surface area contributed by atoms with E-state index < -0.39 is 12.1 Å². The molecule has 1 heterocycles. The Balaban J connectivity index is 2.24. The fraction of sp³-hybridized carbons (Fsp3) is 0.250. The van der Waals surface area contributed by atoms with Crippen LogP contribution in [0.2, 0.25) is 0 Å². The predicted octanol–water partition coefficient (Wildman–Crippen LogP) is 0.888. The van der Waals surface area contributed by atoms with E-state index in [9.17, 15) is 9.59 Å². The molecule has 1 aromatic rings. The summed E-state index contributed by atoms with van der Waals surface area (Å²) in [4.78, 5) is 25.4. The van der Waals surface area contributed by atoms with Crippen LogP contribution in [-0.2, 0) is 9.59 Å². The Bertz CT molecular complexity index is 591. The molecule has 2 amide bonds. The van der Waals surface area contributed by atoms with Gasteiger partial charge in [-0.05, 0) is 18.1 Å². The number of nitrogens with two attached hydrogens (primary N) is 1. The van der Waals surface area contributed by atoms with Gasteiger partial charge >= 0.3 is 0 Å². The average molecular weight is 285 g/mol. The highest BCUT2D eigenvalue weighted by molar-refractivity contribution is 5.93. The van der Waals surface area contributed by atoms with Gasteiger partial charge in [-0.3, -0.25) is 9.59 Å². The summed E-state index contributed by atoms with van der Waals surface area (Å²) in [6.45, 7) is 1.58. The lowest BCUT2D eigenvalue weighted by Crippen LogP contribution is -2.49. The van der Waals surface area contributed by atoms with Gasteiger partial charge in [0.2, 0.25) is 5.91 Å². The molecule has 1 aromatic carbocycles. The number of hydrogen-bond donors (Lipinski definition) is 2. The highest BCUT2D eigenvalue weighted by atomic mass is 16.2. The Kier molecular flexibility index (Phi) is 4.55. The number of carbonyl (C=O) groups is 2. The van der Waals surface area contributed by atoms with Crippen molar-refractivity contribution in [3.05, 3.63) is 54.2 Å². The van der Waals surface area contributed by atoms with E-state index in [2.05, 4.69) is 5.32 Å². The van der Waals surface area contributed by atoms with Crippen molar-refractivity contribution in [2.75, 3.05) is 7.05 Å². The predicted molar refractivity (Wildman–Crippen MR) is 81.9 cm³/mol. The number of nitrogens with zero attached hydrogens (tertiary/aromatic N) is 1. The van der Waals surface area contributed by atoms with Gasteiger partial charge < -0.3 is 16.0 Å². The zero-order chi connectivity index (χ0) is 15.4. The molecule has 0 saturated carbocycles. The maximum absolute atomic E-state index is 12.3. The Labute approximate surface area is 124 Å². The van der Waals surface area contributed by atoms with E-state index in [4.69, 9.17) is 5.73 Å². The van der Waals surface area contributed by atoms with E-state index in [1.807, 2.05) is 36.4 Å². The molecule has 1 aliphatic rings. The van der Waals surface area contributed by atoms with Crippen LogP contribution in [-0.4, -0.2) is 35.8 Å². The van der Waals surface area contributed by atoms with Gasteiger partial charge in [-0.2, -0.15) is 0 Å². The zero-order valence-corrected chi connectivity index (χ0v) is 12.1. The molecular formula is C16H19N3O2. The van der Waals surface area contributed by atoms with E-state index in [1.54, 1.807) is 26.2 Å². The number of likely N-dealkylation sites (N-methyl/N-ethyl adjacent to an activating group) is 1. The van der Waals surface area contributed by atoms with Crippen LogP contribution < -0.4 is 11.1 Å². The molecule has 1 aliphatic heterocycles. The normalized spacial score (nSPS) is 19.8. The Hall–Kier alpha value is -2.40. The summed E-state index contributed by atoms with van der Waals surface area (Å²) in [6, 6.07) is 8.39. The van der Waals surface area contributed by atoms with Gasteiger partial charge in [-0.1, -0.05) is 42.5 Å². The van der Waals surface area contributed by atoms with Crippen LogP contribution >= 0.6 is 0 Å². The molecule has 0 spiro atoms. The third-order valence-electron chi connectivity index (χ3n) is 3.23. The topological polar surface area (TPSA) is 75.4 Å². The van der Waals surface area contributed by atoms with Crippen LogP contribution in [0.5, 0.6) is 0 Å². The first-order chi connectivity index (χ1) is 9.99. The minimum atomic E-state index is -0.703. The summed E-state index contributed by atoms with van der Waals surface area (Å²) in [5, 5.41) is 2.64. The van der Waals surface area contributed by atoms with Gasteiger partial charge in [0.15, 0.2) is 0 Å². The third-order valence-corrected chi connectivity index (χ3v) is 3.23. The maximum Gasteiger partial charge on any atom is 0.252 e. The molecule has 5 nitrogen and oxygen atoms in total. The molecule has 0 saturated heterocycles. The molecule has 0 aliphatic carbocycles. The second-order valence-corrected chi connectivity index (χ2v) is 5.03. The first kappa shape index (κ1) is 15.0. The molecule has 110 valence electrons. The fourth-order valence-corrected chi connectivity index (χ4v) is 2.01. The van der Waals surface area contributed by atoms with Gasteiger partial charge in [0.25, 0.3) is 5.91 Å². The summed E-state index contributed by atoms with van der Waals surface area (Å²) in [7, 11) is 1.67. The Morgan fingerprint density at radius 1 is 1.33 bits per heavy atom. The van der Waals surface area contributed by atoms with Crippen LogP contribution in [0.3, 0.4) is 0 Å². The molecule has 5 heteroatoms. The van der Waals surface area contributed by atoms with Crippen LogP contribution in [0.1, 0.15) is 12.5 Å². The number of rotatable bonds is 3. The van der Waals surface area contributed by atoms with E-state index in [-0.39, 0.29) is 11.8 Å². The van der Waals surface area contributed by atoms with Gasteiger partial charge in [0.1, 0.15) is 6.04 Å². The molecule has 2 rings (SSSR count). The summed E-state index contributed by atoms with van der Waals surface area (Å²) >= 11 is 0. The summed E-state index contributed by atoms with van der Waals surface area (Å²) in [5.41, 5.74) is 7.43. The molecule has 1 unspecified atom stereocenters. The van der Waals surface area contributed by atoms with Crippen molar-refractivity contribution in [2.45, 2.75) is 19.0 Å². The second-order valence-electron chi connectivity index (χ2n) is 5.03. The summed E-state index contributed by atoms with van der Waals surface area (Å²) in [6.07, 6.45) is 5.28. The number of benzene rings is 1. The zero-order valence-electron chi connectivity index (χ0n) is 12.1. The Morgan fingerprint density at radius 2 is 2.00 bits per heavy atom. The summed E-state index contributed by atoms with van der Waals surface area (Å²) < 4.78 is 0. The largest absolute Gasteiger partial charge is 0.340 e. The molecule has 3 N–H and O–H groups in total. The molecule has 0 bridgehead atoms. The molecule has 21 heavy (non-hydrogen) atoms. The van der Waals surface area contributed by atoms with E-state index in [0.717, 1.165) is 11.1 Å². The van der Waals surface area contributed by atoms with Crippen LogP contribution in [0.15, 0.2) is 48.7 Å². The first-order valence-corrected chi connectivity index (χ1v) is 6.77. The van der Waals surface area contributed by atoms with Crippen molar-refractivity contribution in [1.29, 1.82) is 0 Å². The number of carbonyl (C=O) groups excluding carboxylic acids is 2. The number of allylic oxidation sites excluding steroid dienone is 2. The maximum atomic E-state index is 12.3. The number of hydrogen-bond acceptors (Lipinski definition) is 3. The van der Waals surface area contributed by atoms with Crippen molar-refractivity contribution in [1.82, 2.24) is 10.2 Å². The SMILES string of the molecule is CC(N)C(=O)N[C@H]1C=CC(c2ccccc2)=CN(C)C1=O. The van der Waals surface area contributed by atoms with Gasteiger partial charge in [-0.25, -0.2) is 0 Å². The molecule has 0 aromatic heterocycles. The lowest BCUT2D eigenvalue weighted by molar-refractivity contribution is -0.132. The van der Waals surface area contributed by atoms with Crippen molar-refractivity contribution in [3.63, 3.8) is 0 Å². The van der Waals surface area contributed by atoms with Crippen molar-refractivity contribution in [3.8, 4) is 0 Å². The van der Waals surface area contributed by atoms with Gasteiger partial charge in [0.05, 0.1) is 6.04 Å². The van der Waals surface area contributed by atoms with Crippen LogP contribution in [0.25, 0.3) is 5.57 Å². The highest BCUT2D eigenvalue weighted by Crippen LogP contribution is 2.19. The van der Waals surface area contributed by atoms with Crippen molar-refractivity contribution in [2.24, 2.45) is 5.73 Å². The molecule has 0 radical (unpaired) electrons. The molecule has 0 fully saturated rings. The Morgan fingerprint density at radius 3 is 2.62 bits per heavy atom. The second kappa shape index (κ2) is 6.37. The van der Waals surface area contributed by atoms with Crippen molar-refractivity contribution >= 4 is 17.4 Å². The van der Waals surface area contributed by atoms with E-state index in [1.165, 1.54) is 4.90 Å². The van der Waals surface area contributed by atoms with Crippen molar-refractivity contribution < 1.29 is 9.59 Å². The first-order valence-electron chi connectivity index (χ1n) is 6.77. The minimum Gasteiger partial charge on any atom is -0.340 e. The van der Waals surface area contributed by atoms with E-state index in [0.29, 0.717) is 0 Å². The monoisotopic (exact) mass is 285 g/mol. The lowest BCUT2D eigenvalue weighted by atomic mass is 10.1. The number of amides is 2. The van der Waals surface area contributed by atoms with E-state index >= 15 is 0 Å². The summed E-state index contributed by atoms with van der Waals surface area (Å²) in [5.74, 6) is -0.555. The van der Waals surface area contributed by atoms with Crippen LogP contribution in [0.4, 0.5) is 0 Å². The highest BCUT2D eigenvalue weighted by Gasteiger charge is 2.24. The van der Waals surface area contributed by atoms with Gasteiger partial charge in [0, 0.05) is 13.2 Å². The smallest absolute Gasteiger partial charge is 0.252 e. The molecular weight excluding hydrogens is 266 g/mol. The third kappa shape index (κ3) is 3.58. The van der Waals surface area contributed by atoms with Crippen LogP contribution in [0, 0.1) is 0 Å². The quantitative estimate of drug-likeness (QED) is 0.866. The number of nitrogens with one attached hydrogen (secondary N) is 1. The molecule has 2 atom stereocenters. The average Bonchev–Trinajstić information content (AvgIpc) is 2.61. The lowest BCUT2D eigenvalue weighted by Gasteiger charge is -2.19.